The number of rotatable bonds is 3. The van der Waals surface area contributed by atoms with E-state index in [1.165, 1.54) is 6.08 Å². The molecular weight excluding hydrogens is 219 g/mol. The van der Waals surface area contributed by atoms with Gasteiger partial charge in [-0.15, -0.1) is 0 Å². The summed E-state index contributed by atoms with van der Waals surface area (Å²) in [5.74, 6) is -0.148. The first-order valence-corrected chi connectivity index (χ1v) is 5.71. The van der Waals surface area contributed by atoms with E-state index in [9.17, 15) is 21.6 Å². The zero-order chi connectivity index (χ0) is 10.8. The molecule has 0 fully saturated rings. The highest BCUT2D eigenvalue weighted by molar-refractivity contribution is 7.94. The van der Waals surface area contributed by atoms with Crippen molar-refractivity contribution in [2.24, 2.45) is 0 Å². The van der Waals surface area contributed by atoms with Crippen LogP contribution in [0.15, 0.2) is 11.5 Å². The van der Waals surface area contributed by atoms with Gasteiger partial charge in [0.1, 0.15) is 0 Å². The Hall–Kier alpha value is -0.560. The Bertz CT molecular complexity index is 320. The molecule has 1 unspecified atom stereocenters. The molecule has 1 atom stereocenters. The molecule has 1 heterocycles. The minimum atomic E-state index is -4.20. The van der Waals surface area contributed by atoms with Crippen LogP contribution in [0.3, 0.4) is 0 Å². The lowest BCUT2D eigenvalue weighted by atomic mass is 10.3. The molecule has 0 bridgehead atoms. The molecule has 0 aromatic heterocycles. The summed E-state index contributed by atoms with van der Waals surface area (Å²) in [6.45, 7) is -0.256. The number of alkyl halides is 3. The van der Waals surface area contributed by atoms with Crippen LogP contribution >= 0.6 is 0 Å². The summed E-state index contributed by atoms with van der Waals surface area (Å²) >= 11 is 0. The van der Waals surface area contributed by atoms with Crippen molar-refractivity contribution in [2.75, 3.05) is 12.3 Å². The van der Waals surface area contributed by atoms with Crippen molar-refractivity contribution >= 4 is 9.84 Å². The Labute approximate surface area is 79.9 Å². The van der Waals surface area contributed by atoms with Crippen LogP contribution in [0.4, 0.5) is 13.2 Å². The number of nitrogens with one attached hydrogen (secondary N) is 1. The lowest BCUT2D eigenvalue weighted by Gasteiger charge is -2.10. The second kappa shape index (κ2) is 3.90. The van der Waals surface area contributed by atoms with E-state index in [1.807, 2.05) is 0 Å². The fraction of sp³-hybridized carbons (Fsp3) is 0.714. The summed E-state index contributed by atoms with van der Waals surface area (Å²) < 4.78 is 56.8. The quantitative estimate of drug-likeness (QED) is 0.780. The highest BCUT2D eigenvalue weighted by Crippen LogP contribution is 2.18. The number of hydrogen-bond donors (Lipinski definition) is 1. The van der Waals surface area contributed by atoms with Gasteiger partial charge in [0, 0.05) is 18.0 Å². The van der Waals surface area contributed by atoms with Crippen LogP contribution < -0.4 is 5.32 Å². The van der Waals surface area contributed by atoms with E-state index in [2.05, 4.69) is 5.32 Å². The third-order valence-electron chi connectivity index (χ3n) is 1.75. The van der Waals surface area contributed by atoms with E-state index in [0.29, 0.717) is 0 Å². The summed E-state index contributed by atoms with van der Waals surface area (Å²) in [6.07, 6.45) is -3.78. The standard InChI is InChI=1S/C7H10F3NO2S/c8-7(9,10)2-3-11-6-1-4-14(12,13)5-6/h1,4,6,11H,2-3,5H2. The van der Waals surface area contributed by atoms with Gasteiger partial charge in [0.2, 0.25) is 0 Å². The Morgan fingerprint density at radius 1 is 1.43 bits per heavy atom. The van der Waals surface area contributed by atoms with Crippen molar-refractivity contribution in [1.82, 2.24) is 5.32 Å². The Morgan fingerprint density at radius 2 is 2.07 bits per heavy atom. The Morgan fingerprint density at radius 3 is 2.50 bits per heavy atom. The lowest BCUT2D eigenvalue weighted by molar-refractivity contribution is -0.133. The fourth-order valence-corrected chi connectivity index (χ4v) is 2.37. The van der Waals surface area contributed by atoms with Crippen molar-refractivity contribution in [3.63, 3.8) is 0 Å². The molecule has 0 aromatic carbocycles. The molecule has 1 rings (SSSR count). The van der Waals surface area contributed by atoms with Crippen molar-refractivity contribution in [3.05, 3.63) is 11.5 Å². The first-order chi connectivity index (χ1) is 6.29. The van der Waals surface area contributed by atoms with Crippen molar-refractivity contribution in [2.45, 2.75) is 18.6 Å². The molecule has 0 amide bonds. The number of halogens is 3. The molecular formula is C7H10F3NO2S. The van der Waals surface area contributed by atoms with Crippen LogP contribution in [-0.2, 0) is 9.84 Å². The van der Waals surface area contributed by atoms with Gasteiger partial charge in [0.25, 0.3) is 0 Å². The molecule has 0 aliphatic carbocycles. The molecule has 0 aromatic rings. The molecule has 0 radical (unpaired) electrons. The second-order valence-electron chi connectivity index (χ2n) is 3.08. The van der Waals surface area contributed by atoms with E-state index < -0.39 is 28.5 Å². The Balaban J connectivity index is 2.26. The van der Waals surface area contributed by atoms with E-state index >= 15 is 0 Å². The maximum atomic E-state index is 11.7. The fourth-order valence-electron chi connectivity index (χ4n) is 1.10. The molecule has 3 nitrogen and oxygen atoms in total. The van der Waals surface area contributed by atoms with Crippen LogP contribution in [0.5, 0.6) is 0 Å². The monoisotopic (exact) mass is 229 g/mol. The van der Waals surface area contributed by atoms with Gasteiger partial charge in [-0.3, -0.25) is 0 Å². The minimum Gasteiger partial charge on any atom is -0.309 e. The van der Waals surface area contributed by atoms with E-state index in [4.69, 9.17) is 0 Å². The molecule has 0 saturated heterocycles. The molecule has 14 heavy (non-hydrogen) atoms. The van der Waals surface area contributed by atoms with Crippen LogP contribution in [0.1, 0.15) is 6.42 Å². The van der Waals surface area contributed by atoms with Crippen LogP contribution in [0, 0.1) is 0 Å². The molecule has 1 N–H and O–H groups in total. The average Bonchev–Trinajstić information content (AvgIpc) is 2.27. The molecule has 0 saturated carbocycles. The van der Waals surface area contributed by atoms with Gasteiger partial charge in [-0.1, -0.05) is 6.08 Å². The molecule has 1 aliphatic rings. The molecule has 0 spiro atoms. The van der Waals surface area contributed by atoms with Gasteiger partial charge in [-0.05, 0) is 0 Å². The van der Waals surface area contributed by atoms with E-state index in [0.717, 1.165) is 5.41 Å². The van der Waals surface area contributed by atoms with E-state index in [1.54, 1.807) is 0 Å². The summed E-state index contributed by atoms with van der Waals surface area (Å²) in [5, 5.41) is 3.53. The van der Waals surface area contributed by atoms with Crippen LogP contribution in [-0.4, -0.2) is 32.9 Å². The molecule has 1 aliphatic heterocycles. The van der Waals surface area contributed by atoms with Gasteiger partial charge in [0.05, 0.1) is 12.2 Å². The number of sulfone groups is 1. The molecule has 82 valence electrons. The smallest absolute Gasteiger partial charge is 0.309 e. The van der Waals surface area contributed by atoms with Gasteiger partial charge in [0.15, 0.2) is 9.84 Å². The third kappa shape index (κ3) is 4.10. The number of hydrogen-bond acceptors (Lipinski definition) is 3. The van der Waals surface area contributed by atoms with Gasteiger partial charge >= 0.3 is 6.18 Å². The summed E-state index contributed by atoms with van der Waals surface area (Å²) in [6, 6.07) is -0.484. The zero-order valence-corrected chi connectivity index (χ0v) is 8.03. The van der Waals surface area contributed by atoms with Crippen molar-refractivity contribution in [1.29, 1.82) is 0 Å². The topological polar surface area (TPSA) is 46.2 Å². The van der Waals surface area contributed by atoms with Gasteiger partial charge in [-0.2, -0.15) is 13.2 Å². The van der Waals surface area contributed by atoms with Crippen molar-refractivity contribution < 1.29 is 21.6 Å². The maximum Gasteiger partial charge on any atom is 0.390 e. The highest BCUT2D eigenvalue weighted by atomic mass is 32.2. The normalized spacial score (nSPS) is 25.5. The zero-order valence-electron chi connectivity index (χ0n) is 7.21. The Kier molecular flexibility index (Phi) is 3.20. The van der Waals surface area contributed by atoms with Crippen LogP contribution in [0.25, 0.3) is 0 Å². The predicted octanol–water partition coefficient (Wildman–Crippen LogP) is 0.839. The summed E-state index contributed by atoms with van der Waals surface area (Å²) in [7, 11) is -3.19. The average molecular weight is 229 g/mol. The van der Waals surface area contributed by atoms with Gasteiger partial charge in [-0.25, -0.2) is 8.42 Å². The second-order valence-corrected chi connectivity index (χ2v) is 5.02. The summed E-state index contributed by atoms with van der Waals surface area (Å²) in [5.41, 5.74) is 0. The lowest BCUT2D eigenvalue weighted by Crippen LogP contribution is -2.32. The maximum absolute atomic E-state index is 11.7. The van der Waals surface area contributed by atoms with E-state index in [-0.39, 0.29) is 12.3 Å². The largest absolute Gasteiger partial charge is 0.390 e. The first kappa shape index (κ1) is 11.5. The SMILES string of the molecule is O=S1(=O)C=CC(NCCC(F)(F)F)C1. The highest BCUT2D eigenvalue weighted by Gasteiger charge is 2.27. The first-order valence-electron chi connectivity index (χ1n) is 4.00. The minimum absolute atomic E-state index is 0.148. The van der Waals surface area contributed by atoms with Gasteiger partial charge < -0.3 is 5.32 Å². The molecule has 7 heteroatoms. The van der Waals surface area contributed by atoms with Crippen LogP contribution in [0.2, 0.25) is 0 Å². The third-order valence-corrected chi connectivity index (χ3v) is 3.14. The summed E-state index contributed by atoms with van der Waals surface area (Å²) in [4.78, 5) is 0. The predicted molar refractivity (Wildman–Crippen MR) is 45.4 cm³/mol. The van der Waals surface area contributed by atoms with Crippen molar-refractivity contribution in [3.8, 4) is 0 Å².